The lowest BCUT2D eigenvalue weighted by molar-refractivity contribution is -0.192. The number of carboxylic acids is 1. The van der Waals surface area contributed by atoms with E-state index >= 15 is 0 Å². The number of carbonyl (C=O) groups is 1. The summed E-state index contributed by atoms with van der Waals surface area (Å²) in [6.07, 6.45) is 1.94. The zero-order valence-electron chi connectivity index (χ0n) is 21.6. The first kappa shape index (κ1) is 29.4. The number of nitrogens with one attached hydrogen (secondary N) is 1. The van der Waals surface area contributed by atoms with Gasteiger partial charge in [0.05, 0.1) is 29.4 Å². The van der Waals surface area contributed by atoms with Crippen LogP contribution in [0.1, 0.15) is 34.4 Å². The molecule has 1 aromatic heterocycles. The SMILES string of the molecule is Cc1cccc(CC2(C#N)CCN(CCc3cnc[nH]3)CC2Cc2ccc(C#N)cc2)c1.O=C(O)C(F)(F)F. The van der Waals surface area contributed by atoms with Crippen molar-refractivity contribution in [3.8, 4) is 12.1 Å². The van der Waals surface area contributed by atoms with E-state index in [1.165, 1.54) is 16.7 Å². The molecule has 0 aliphatic carbocycles. The fourth-order valence-electron chi connectivity index (χ4n) is 4.91. The molecule has 0 amide bonds. The van der Waals surface area contributed by atoms with Crippen molar-refractivity contribution < 1.29 is 23.1 Å². The lowest BCUT2D eigenvalue weighted by atomic mass is 9.65. The van der Waals surface area contributed by atoms with E-state index < -0.39 is 17.6 Å². The molecular formula is C29H30F3N5O2. The Bertz CT molecular complexity index is 1310. The number of aryl methyl sites for hydroxylation is 1. The van der Waals surface area contributed by atoms with Gasteiger partial charge < -0.3 is 15.0 Å². The molecule has 4 rings (SSSR count). The van der Waals surface area contributed by atoms with E-state index in [-0.39, 0.29) is 5.92 Å². The number of aliphatic carboxylic acids is 1. The van der Waals surface area contributed by atoms with Gasteiger partial charge in [-0.25, -0.2) is 9.78 Å². The summed E-state index contributed by atoms with van der Waals surface area (Å²) in [5.41, 5.74) is 5.08. The van der Waals surface area contributed by atoms with E-state index in [0.29, 0.717) is 5.56 Å². The molecular weight excluding hydrogens is 507 g/mol. The molecule has 2 N–H and O–H groups in total. The number of nitriles is 2. The average Bonchev–Trinajstić information content (AvgIpc) is 3.43. The van der Waals surface area contributed by atoms with Gasteiger partial charge in [-0.1, -0.05) is 42.0 Å². The molecule has 7 nitrogen and oxygen atoms in total. The van der Waals surface area contributed by atoms with Crippen LogP contribution in [-0.4, -0.2) is 51.8 Å². The molecule has 2 atom stereocenters. The molecule has 3 aromatic rings. The topological polar surface area (TPSA) is 117 Å². The second-order valence-electron chi connectivity index (χ2n) is 9.82. The van der Waals surface area contributed by atoms with Gasteiger partial charge in [-0.15, -0.1) is 0 Å². The van der Waals surface area contributed by atoms with Gasteiger partial charge >= 0.3 is 12.1 Å². The zero-order chi connectivity index (χ0) is 28.5. The molecule has 2 unspecified atom stereocenters. The maximum atomic E-state index is 10.6. The van der Waals surface area contributed by atoms with Gasteiger partial charge in [-0.05, 0) is 61.9 Å². The third kappa shape index (κ3) is 8.42. The van der Waals surface area contributed by atoms with E-state index in [1.807, 2.05) is 30.5 Å². The second-order valence-corrected chi connectivity index (χ2v) is 9.82. The van der Waals surface area contributed by atoms with Crippen LogP contribution in [-0.2, 0) is 24.1 Å². The zero-order valence-corrected chi connectivity index (χ0v) is 21.6. The third-order valence-corrected chi connectivity index (χ3v) is 7.02. The molecule has 1 saturated heterocycles. The van der Waals surface area contributed by atoms with Gasteiger partial charge in [0.1, 0.15) is 0 Å². The third-order valence-electron chi connectivity index (χ3n) is 7.02. The molecule has 1 aliphatic rings. The predicted molar refractivity (Wildman–Crippen MR) is 138 cm³/mol. The lowest BCUT2D eigenvalue weighted by Crippen LogP contribution is -2.49. The molecule has 39 heavy (non-hydrogen) atoms. The van der Waals surface area contributed by atoms with Crippen LogP contribution in [0.25, 0.3) is 0 Å². The summed E-state index contributed by atoms with van der Waals surface area (Å²) in [6.45, 7) is 4.89. The fourth-order valence-corrected chi connectivity index (χ4v) is 4.91. The number of hydrogen-bond acceptors (Lipinski definition) is 5. The van der Waals surface area contributed by atoms with Gasteiger partial charge in [0.25, 0.3) is 0 Å². The number of benzene rings is 2. The number of H-pyrrole nitrogens is 1. The summed E-state index contributed by atoms with van der Waals surface area (Å²) in [4.78, 5) is 18.7. The first-order valence-electron chi connectivity index (χ1n) is 12.5. The Hall–Kier alpha value is -4.15. The van der Waals surface area contributed by atoms with E-state index in [9.17, 15) is 18.4 Å². The number of imidazole rings is 1. The van der Waals surface area contributed by atoms with Crippen molar-refractivity contribution in [3.05, 3.63) is 89.0 Å². The first-order chi connectivity index (χ1) is 18.5. The van der Waals surface area contributed by atoms with Crippen LogP contribution in [0.5, 0.6) is 0 Å². The molecule has 1 aliphatic heterocycles. The normalized spacial score (nSPS) is 19.3. The fraction of sp³-hybridized carbons (Fsp3) is 0.379. The van der Waals surface area contributed by atoms with Gasteiger partial charge in [-0.3, -0.25) is 0 Å². The van der Waals surface area contributed by atoms with Crippen molar-refractivity contribution in [3.63, 3.8) is 0 Å². The highest BCUT2D eigenvalue weighted by Gasteiger charge is 2.43. The summed E-state index contributed by atoms with van der Waals surface area (Å²) < 4.78 is 31.7. The summed E-state index contributed by atoms with van der Waals surface area (Å²) in [5.74, 6) is -2.54. The van der Waals surface area contributed by atoms with Crippen molar-refractivity contribution in [2.24, 2.45) is 11.3 Å². The van der Waals surface area contributed by atoms with Gasteiger partial charge in [0.2, 0.25) is 0 Å². The number of rotatable bonds is 7. The minimum atomic E-state index is -5.08. The van der Waals surface area contributed by atoms with E-state index in [2.05, 4.69) is 58.2 Å². The average molecular weight is 538 g/mol. The molecule has 10 heteroatoms. The number of carboxylic acid groups (broad SMARTS) is 1. The van der Waals surface area contributed by atoms with Crippen molar-refractivity contribution in [2.45, 2.75) is 38.8 Å². The number of aromatic nitrogens is 2. The quantitative estimate of drug-likeness (QED) is 0.434. The largest absolute Gasteiger partial charge is 0.490 e. The number of hydrogen-bond donors (Lipinski definition) is 2. The Morgan fingerprint density at radius 2 is 1.92 bits per heavy atom. The molecule has 0 bridgehead atoms. The second kappa shape index (κ2) is 13.1. The number of piperidine rings is 1. The summed E-state index contributed by atoms with van der Waals surface area (Å²) in [6, 6.07) is 21.4. The van der Waals surface area contributed by atoms with Crippen LogP contribution in [0.15, 0.2) is 61.1 Å². The Morgan fingerprint density at radius 1 is 1.21 bits per heavy atom. The van der Waals surface area contributed by atoms with Crippen molar-refractivity contribution >= 4 is 5.97 Å². The van der Waals surface area contributed by atoms with Crippen LogP contribution in [0.4, 0.5) is 13.2 Å². The van der Waals surface area contributed by atoms with Gasteiger partial charge in [0.15, 0.2) is 0 Å². The Morgan fingerprint density at radius 3 is 2.49 bits per heavy atom. The summed E-state index contributed by atoms with van der Waals surface area (Å²) in [5, 5.41) is 26.7. The highest BCUT2D eigenvalue weighted by molar-refractivity contribution is 5.73. The Labute approximate surface area is 225 Å². The summed E-state index contributed by atoms with van der Waals surface area (Å²) >= 11 is 0. The number of likely N-dealkylation sites (tertiary alicyclic amines) is 1. The molecule has 0 saturated carbocycles. The lowest BCUT2D eigenvalue weighted by Gasteiger charge is -2.44. The number of alkyl halides is 3. The Kier molecular flexibility index (Phi) is 9.86. The van der Waals surface area contributed by atoms with Crippen LogP contribution in [0.3, 0.4) is 0 Å². The van der Waals surface area contributed by atoms with Crippen molar-refractivity contribution in [1.82, 2.24) is 14.9 Å². The van der Waals surface area contributed by atoms with Crippen LogP contribution in [0.2, 0.25) is 0 Å². The van der Waals surface area contributed by atoms with E-state index in [0.717, 1.165) is 51.0 Å². The molecule has 1 fully saturated rings. The van der Waals surface area contributed by atoms with Gasteiger partial charge in [-0.2, -0.15) is 23.7 Å². The van der Waals surface area contributed by atoms with Crippen molar-refractivity contribution in [2.75, 3.05) is 19.6 Å². The van der Waals surface area contributed by atoms with Crippen LogP contribution in [0, 0.1) is 40.9 Å². The van der Waals surface area contributed by atoms with E-state index in [4.69, 9.17) is 15.2 Å². The molecule has 2 aromatic carbocycles. The maximum absolute atomic E-state index is 10.6. The van der Waals surface area contributed by atoms with Crippen LogP contribution >= 0.6 is 0 Å². The minimum Gasteiger partial charge on any atom is -0.475 e. The monoisotopic (exact) mass is 537 g/mol. The standard InChI is InChI=1S/C27H29N5.C2HF3O2/c1-21-3-2-4-24(13-21)15-27(19-29)10-12-32(11-9-26-17-30-20-31-26)18-25(27)14-22-5-7-23(16-28)8-6-22;3-2(4,5)1(6)7/h2-8,13,17,20,25H,9-12,14-15,18H2,1H3,(H,30,31);(H,6,7). The van der Waals surface area contributed by atoms with Gasteiger partial charge in [0, 0.05) is 31.4 Å². The predicted octanol–water partition coefficient (Wildman–Crippen LogP) is 5.08. The molecule has 0 spiro atoms. The maximum Gasteiger partial charge on any atom is 0.490 e. The smallest absolute Gasteiger partial charge is 0.475 e. The number of halogens is 3. The Balaban J connectivity index is 0.000000532. The number of nitrogens with zero attached hydrogens (tertiary/aromatic N) is 4. The molecule has 2 heterocycles. The van der Waals surface area contributed by atoms with E-state index in [1.54, 1.807) is 6.33 Å². The molecule has 0 radical (unpaired) electrons. The van der Waals surface area contributed by atoms with Crippen molar-refractivity contribution in [1.29, 1.82) is 10.5 Å². The highest BCUT2D eigenvalue weighted by atomic mass is 19.4. The minimum absolute atomic E-state index is 0.219. The first-order valence-corrected chi connectivity index (χ1v) is 12.5. The van der Waals surface area contributed by atoms with Crippen LogP contribution < -0.4 is 0 Å². The number of aromatic amines is 1. The molecule has 204 valence electrons. The summed E-state index contributed by atoms with van der Waals surface area (Å²) in [7, 11) is 0. The highest BCUT2D eigenvalue weighted by Crippen LogP contribution is 2.41.